The van der Waals surface area contributed by atoms with Gasteiger partial charge in [-0.2, -0.15) is 0 Å². The summed E-state index contributed by atoms with van der Waals surface area (Å²) in [5.41, 5.74) is 2.86. The summed E-state index contributed by atoms with van der Waals surface area (Å²) in [4.78, 5) is 16.5. The van der Waals surface area contributed by atoms with Gasteiger partial charge < -0.3 is 20.0 Å². The first-order valence-electron chi connectivity index (χ1n) is 8.10. The zero-order chi connectivity index (χ0) is 17.3. The van der Waals surface area contributed by atoms with Gasteiger partial charge in [0.1, 0.15) is 11.5 Å². The molecular weight excluding hydrogens is 304 g/mol. The van der Waals surface area contributed by atoms with Crippen LogP contribution in [0.2, 0.25) is 0 Å². The lowest BCUT2D eigenvalue weighted by molar-refractivity contribution is 0.0743. The number of phenolic OH excluding ortho intramolecular Hbond substituents is 2. The molecule has 1 fully saturated rings. The van der Waals surface area contributed by atoms with Crippen LogP contribution in [0.15, 0.2) is 36.4 Å². The molecule has 0 bridgehead atoms. The second kappa shape index (κ2) is 6.43. The summed E-state index contributed by atoms with van der Waals surface area (Å²) in [6.07, 6.45) is 0. The first-order chi connectivity index (χ1) is 11.5. The highest BCUT2D eigenvalue weighted by Gasteiger charge is 2.25. The largest absolute Gasteiger partial charge is 0.507 e. The minimum Gasteiger partial charge on any atom is -0.507 e. The number of aromatic hydroxyl groups is 2. The van der Waals surface area contributed by atoms with E-state index in [1.807, 2.05) is 32.0 Å². The number of hydrogen-bond donors (Lipinski definition) is 2. The Morgan fingerprint density at radius 1 is 0.958 bits per heavy atom. The van der Waals surface area contributed by atoms with E-state index in [0.717, 1.165) is 16.8 Å². The average molecular weight is 326 g/mol. The average Bonchev–Trinajstić information content (AvgIpc) is 2.60. The standard InChI is InChI=1S/C19H22N2O3/c1-13-7-8-15(18(23)14(13)2)19(24)21-11-9-20(10-12-21)16-5-3-4-6-17(16)22/h3-8,22-23H,9-12H2,1-2H3. The SMILES string of the molecule is Cc1ccc(C(=O)N2CCN(c3ccccc3O)CC2)c(O)c1C. The highest BCUT2D eigenvalue weighted by molar-refractivity contribution is 5.97. The van der Waals surface area contributed by atoms with E-state index >= 15 is 0 Å². The number of anilines is 1. The fourth-order valence-corrected chi connectivity index (χ4v) is 3.03. The molecule has 24 heavy (non-hydrogen) atoms. The molecule has 1 amide bonds. The minimum atomic E-state index is -0.146. The van der Waals surface area contributed by atoms with Crippen molar-refractivity contribution in [3.63, 3.8) is 0 Å². The van der Waals surface area contributed by atoms with E-state index in [9.17, 15) is 15.0 Å². The smallest absolute Gasteiger partial charge is 0.257 e. The zero-order valence-corrected chi connectivity index (χ0v) is 14.0. The van der Waals surface area contributed by atoms with Crippen molar-refractivity contribution >= 4 is 11.6 Å². The molecule has 126 valence electrons. The predicted octanol–water partition coefficient (Wildman–Crippen LogP) is 2.68. The zero-order valence-electron chi connectivity index (χ0n) is 14.0. The Morgan fingerprint density at radius 2 is 1.62 bits per heavy atom. The molecule has 1 saturated heterocycles. The van der Waals surface area contributed by atoms with Gasteiger partial charge in [-0.3, -0.25) is 4.79 Å². The molecule has 0 atom stereocenters. The molecule has 2 aromatic carbocycles. The van der Waals surface area contributed by atoms with Gasteiger partial charge in [0, 0.05) is 26.2 Å². The van der Waals surface area contributed by atoms with Crippen LogP contribution in [-0.2, 0) is 0 Å². The fraction of sp³-hybridized carbons (Fsp3) is 0.316. The van der Waals surface area contributed by atoms with Crippen molar-refractivity contribution in [1.29, 1.82) is 0 Å². The van der Waals surface area contributed by atoms with Crippen LogP contribution in [0.4, 0.5) is 5.69 Å². The molecule has 0 spiro atoms. The van der Waals surface area contributed by atoms with Gasteiger partial charge in [0.15, 0.2) is 0 Å². The quantitative estimate of drug-likeness (QED) is 0.890. The van der Waals surface area contributed by atoms with Gasteiger partial charge in [-0.25, -0.2) is 0 Å². The van der Waals surface area contributed by atoms with Crippen LogP contribution in [0.5, 0.6) is 11.5 Å². The Hall–Kier alpha value is -2.69. The first-order valence-corrected chi connectivity index (χ1v) is 8.10. The number of rotatable bonds is 2. The predicted molar refractivity (Wildman–Crippen MR) is 93.8 cm³/mol. The second-order valence-electron chi connectivity index (χ2n) is 6.17. The Bertz CT molecular complexity index is 765. The number of benzene rings is 2. The lowest BCUT2D eigenvalue weighted by atomic mass is 10.0. The summed E-state index contributed by atoms with van der Waals surface area (Å²) in [5.74, 6) is 0.180. The number of piperazine rings is 1. The van der Waals surface area contributed by atoms with E-state index < -0.39 is 0 Å². The molecule has 0 saturated carbocycles. The molecule has 1 heterocycles. The molecule has 1 aliphatic rings. The number of hydrogen-bond acceptors (Lipinski definition) is 4. The number of para-hydroxylation sites is 2. The summed E-state index contributed by atoms with van der Waals surface area (Å²) in [7, 11) is 0. The fourth-order valence-electron chi connectivity index (χ4n) is 3.03. The van der Waals surface area contributed by atoms with Crippen molar-refractivity contribution < 1.29 is 15.0 Å². The summed E-state index contributed by atoms with van der Waals surface area (Å²) in [6.45, 7) is 6.13. The van der Waals surface area contributed by atoms with Crippen LogP contribution >= 0.6 is 0 Å². The van der Waals surface area contributed by atoms with Gasteiger partial charge in [0.2, 0.25) is 0 Å². The number of carbonyl (C=O) groups excluding carboxylic acids is 1. The van der Waals surface area contributed by atoms with Gasteiger partial charge in [-0.05, 0) is 43.2 Å². The van der Waals surface area contributed by atoms with Crippen LogP contribution in [0.3, 0.4) is 0 Å². The molecule has 2 N–H and O–H groups in total. The summed E-state index contributed by atoms with van der Waals surface area (Å²) in [6, 6.07) is 10.8. The normalized spacial score (nSPS) is 14.8. The lowest BCUT2D eigenvalue weighted by Crippen LogP contribution is -2.48. The number of phenols is 2. The van der Waals surface area contributed by atoms with Crippen molar-refractivity contribution in [3.05, 3.63) is 53.1 Å². The van der Waals surface area contributed by atoms with Crippen LogP contribution < -0.4 is 4.90 Å². The van der Waals surface area contributed by atoms with Gasteiger partial charge in [-0.15, -0.1) is 0 Å². The molecule has 1 aliphatic heterocycles. The van der Waals surface area contributed by atoms with Crippen LogP contribution in [0.25, 0.3) is 0 Å². The number of aryl methyl sites for hydroxylation is 1. The Kier molecular flexibility index (Phi) is 4.34. The third-order valence-corrected chi connectivity index (χ3v) is 4.72. The van der Waals surface area contributed by atoms with E-state index in [1.54, 1.807) is 23.1 Å². The van der Waals surface area contributed by atoms with Crippen LogP contribution in [0, 0.1) is 13.8 Å². The molecular formula is C19H22N2O3. The minimum absolute atomic E-state index is 0.0723. The maximum Gasteiger partial charge on any atom is 0.257 e. The molecule has 2 aromatic rings. The Morgan fingerprint density at radius 3 is 2.29 bits per heavy atom. The van der Waals surface area contributed by atoms with Crippen LogP contribution in [0.1, 0.15) is 21.5 Å². The molecule has 0 aromatic heterocycles. The maximum atomic E-state index is 12.7. The third-order valence-electron chi connectivity index (χ3n) is 4.72. The number of nitrogens with zero attached hydrogens (tertiary/aromatic N) is 2. The van der Waals surface area contributed by atoms with Gasteiger partial charge in [0.25, 0.3) is 5.91 Å². The van der Waals surface area contributed by atoms with E-state index in [0.29, 0.717) is 31.7 Å². The van der Waals surface area contributed by atoms with Crippen LogP contribution in [-0.4, -0.2) is 47.2 Å². The second-order valence-corrected chi connectivity index (χ2v) is 6.17. The van der Waals surface area contributed by atoms with Crippen molar-refractivity contribution in [2.24, 2.45) is 0 Å². The number of carbonyl (C=O) groups is 1. The van der Waals surface area contributed by atoms with E-state index in [2.05, 4.69) is 4.90 Å². The van der Waals surface area contributed by atoms with Gasteiger partial charge in [-0.1, -0.05) is 18.2 Å². The summed E-state index contributed by atoms with van der Waals surface area (Å²) < 4.78 is 0. The number of amides is 1. The molecule has 3 rings (SSSR count). The molecule has 0 aliphatic carbocycles. The monoisotopic (exact) mass is 326 g/mol. The van der Waals surface area contributed by atoms with Gasteiger partial charge >= 0.3 is 0 Å². The maximum absolute atomic E-state index is 12.7. The third kappa shape index (κ3) is 2.89. The molecule has 5 heteroatoms. The van der Waals surface area contributed by atoms with Crippen molar-refractivity contribution in [1.82, 2.24) is 4.90 Å². The van der Waals surface area contributed by atoms with Crippen molar-refractivity contribution in [2.75, 3.05) is 31.1 Å². The topological polar surface area (TPSA) is 64.0 Å². The molecule has 0 radical (unpaired) electrons. The first kappa shape index (κ1) is 16.2. The van der Waals surface area contributed by atoms with E-state index in [1.165, 1.54) is 0 Å². The highest BCUT2D eigenvalue weighted by Crippen LogP contribution is 2.29. The van der Waals surface area contributed by atoms with Gasteiger partial charge in [0.05, 0.1) is 11.3 Å². The Labute approximate surface area is 141 Å². The van der Waals surface area contributed by atoms with Crippen molar-refractivity contribution in [3.8, 4) is 11.5 Å². The summed E-state index contributed by atoms with van der Waals surface area (Å²) >= 11 is 0. The Balaban J connectivity index is 1.72. The van der Waals surface area contributed by atoms with E-state index in [-0.39, 0.29) is 17.4 Å². The highest BCUT2D eigenvalue weighted by atomic mass is 16.3. The summed E-state index contributed by atoms with van der Waals surface area (Å²) in [5, 5.41) is 20.2. The lowest BCUT2D eigenvalue weighted by Gasteiger charge is -2.36. The van der Waals surface area contributed by atoms with E-state index in [4.69, 9.17) is 0 Å². The molecule has 5 nitrogen and oxygen atoms in total. The molecule has 0 unspecified atom stereocenters. The van der Waals surface area contributed by atoms with Crippen molar-refractivity contribution in [2.45, 2.75) is 13.8 Å².